The van der Waals surface area contributed by atoms with Crippen LogP contribution in [0.1, 0.15) is 18.4 Å². The lowest BCUT2D eigenvalue weighted by Gasteiger charge is -2.18. The standard InChI is InChI=1S/C16H19BrN2O2/c17-14-3-4-15-13(8-14)7-11(10-21-15)9-18-5-6-19-16(20)12-1-2-12/h3-4,7-8,12,18H,1-2,5-6,9-10H2,(H,19,20). The Kier molecular flexibility index (Phi) is 4.60. The smallest absolute Gasteiger partial charge is 0.223 e. The minimum Gasteiger partial charge on any atom is -0.489 e. The third-order valence-electron chi connectivity index (χ3n) is 3.65. The quantitative estimate of drug-likeness (QED) is 0.774. The Hall–Kier alpha value is -1.33. The second-order valence-electron chi connectivity index (χ2n) is 5.52. The molecule has 1 fully saturated rings. The maximum absolute atomic E-state index is 11.5. The Morgan fingerprint density at radius 2 is 2.19 bits per heavy atom. The molecule has 5 heteroatoms. The van der Waals surface area contributed by atoms with Crippen LogP contribution in [0.25, 0.3) is 6.08 Å². The molecule has 0 radical (unpaired) electrons. The van der Waals surface area contributed by atoms with Crippen LogP contribution in [-0.4, -0.2) is 32.1 Å². The number of hydrogen-bond donors (Lipinski definition) is 2. The maximum atomic E-state index is 11.5. The predicted octanol–water partition coefficient (Wildman–Crippen LogP) is 2.34. The molecule has 4 nitrogen and oxygen atoms in total. The Bertz CT molecular complexity index is 567. The number of amides is 1. The molecule has 0 atom stereocenters. The van der Waals surface area contributed by atoms with Gasteiger partial charge in [-0.1, -0.05) is 15.9 Å². The molecular weight excluding hydrogens is 332 g/mol. The first-order valence-corrected chi connectivity index (χ1v) is 8.12. The molecular formula is C16H19BrN2O2. The molecule has 1 amide bonds. The molecule has 2 N–H and O–H groups in total. The summed E-state index contributed by atoms with van der Waals surface area (Å²) in [6, 6.07) is 6.02. The highest BCUT2D eigenvalue weighted by atomic mass is 79.9. The number of benzene rings is 1. The SMILES string of the molecule is O=C(NCCNCC1=Cc2cc(Br)ccc2OC1)C1CC1. The highest BCUT2D eigenvalue weighted by Gasteiger charge is 2.28. The number of nitrogens with one attached hydrogen (secondary N) is 2. The van der Waals surface area contributed by atoms with E-state index < -0.39 is 0 Å². The molecule has 21 heavy (non-hydrogen) atoms. The number of rotatable bonds is 6. The molecule has 0 spiro atoms. The molecule has 112 valence electrons. The van der Waals surface area contributed by atoms with Crippen LogP contribution in [0.15, 0.2) is 28.2 Å². The van der Waals surface area contributed by atoms with E-state index in [0.717, 1.165) is 41.7 Å². The van der Waals surface area contributed by atoms with Gasteiger partial charge in [-0.2, -0.15) is 0 Å². The number of ether oxygens (including phenoxy) is 1. The number of halogens is 1. The molecule has 0 aromatic heterocycles. The van der Waals surface area contributed by atoms with Crippen molar-refractivity contribution >= 4 is 27.9 Å². The fraction of sp³-hybridized carbons (Fsp3) is 0.438. The van der Waals surface area contributed by atoms with Crippen molar-refractivity contribution in [2.45, 2.75) is 12.8 Å². The van der Waals surface area contributed by atoms with E-state index in [4.69, 9.17) is 4.74 Å². The van der Waals surface area contributed by atoms with Gasteiger partial charge in [-0.25, -0.2) is 0 Å². The third-order valence-corrected chi connectivity index (χ3v) is 4.14. The Balaban J connectivity index is 1.42. The van der Waals surface area contributed by atoms with E-state index in [-0.39, 0.29) is 11.8 Å². The van der Waals surface area contributed by atoms with Crippen molar-refractivity contribution in [2.24, 2.45) is 5.92 Å². The first-order chi connectivity index (χ1) is 10.2. The second kappa shape index (κ2) is 6.62. The number of carbonyl (C=O) groups excluding carboxylic acids is 1. The van der Waals surface area contributed by atoms with Gasteiger partial charge in [-0.3, -0.25) is 4.79 Å². The Labute approximate surface area is 133 Å². The minimum absolute atomic E-state index is 0.204. The summed E-state index contributed by atoms with van der Waals surface area (Å²) in [6.07, 6.45) is 4.27. The third kappa shape index (κ3) is 4.08. The molecule has 1 aliphatic heterocycles. The minimum atomic E-state index is 0.204. The maximum Gasteiger partial charge on any atom is 0.223 e. The zero-order chi connectivity index (χ0) is 14.7. The Morgan fingerprint density at radius 1 is 1.33 bits per heavy atom. The van der Waals surface area contributed by atoms with Gasteiger partial charge in [0.05, 0.1) is 0 Å². The van der Waals surface area contributed by atoms with Crippen LogP contribution in [0, 0.1) is 5.92 Å². The van der Waals surface area contributed by atoms with Crippen molar-refractivity contribution in [3.8, 4) is 5.75 Å². The summed E-state index contributed by atoms with van der Waals surface area (Å²) in [4.78, 5) is 11.5. The molecule has 0 bridgehead atoms. The fourth-order valence-electron chi connectivity index (χ4n) is 2.31. The highest BCUT2D eigenvalue weighted by Crippen LogP contribution is 2.29. The van der Waals surface area contributed by atoms with Crippen LogP contribution >= 0.6 is 15.9 Å². The predicted molar refractivity (Wildman–Crippen MR) is 86.2 cm³/mol. The van der Waals surface area contributed by atoms with Crippen LogP contribution < -0.4 is 15.4 Å². The van der Waals surface area contributed by atoms with E-state index in [1.165, 1.54) is 5.57 Å². The monoisotopic (exact) mass is 350 g/mol. The highest BCUT2D eigenvalue weighted by molar-refractivity contribution is 9.10. The van der Waals surface area contributed by atoms with Crippen LogP contribution in [0.4, 0.5) is 0 Å². The molecule has 0 saturated heterocycles. The lowest BCUT2D eigenvalue weighted by Crippen LogP contribution is -2.33. The van der Waals surface area contributed by atoms with Gasteiger partial charge in [0.25, 0.3) is 0 Å². The van der Waals surface area contributed by atoms with E-state index in [2.05, 4.69) is 38.7 Å². The van der Waals surface area contributed by atoms with Crippen LogP contribution in [0.3, 0.4) is 0 Å². The normalized spacial score (nSPS) is 16.7. The van der Waals surface area contributed by atoms with Gasteiger partial charge >= 0.3 is 0 Å². The molecule has 2 aliphatic rings. The van der Waals surface area contributed by atoms with Crippen molar-refractivity contribution in [1.29, 1.82) is 0 Å². The summed E-state index contributed by atoms with van der Waals surface area (Å²) < 4.78 is 6.78. The molecule has 1 saturated carbocycles. The molecule has 1 aromatic rings. The van der Waals surface area contributed by atoms with E-state index in [9.17, 15) is 4.79 Å². The number of carbonyl (C=O) groups is 1. The van der Waals surface area contributed by atoms with Crippen LogP contribution in [0.2, 0.25) is 0 Å². The van der Waals surface area contributed by atoms with Crippen molar-refractivity contribution in [3.05, 3.63) is 33.8 Å². The first-order valence-electron chi connectivity index (χ1n) is 7.32. The summed E-state index contributed by atoms with van der Waals surface area (Å²) in [6.45, 7) is 2.87. The van der Waals surface area contributed by atoms with Gasteiger partial charge in [-0.05, 0) is 42.7 Å². The van der Waals surface area contributed by atoms with Gasteiger partial charge in [0.2, 0.25) is 5.91 Å². The second-order valence-corrected chi connectivity index (χ2v) is 6.43. The zero-order valence-corrected chi connectivity index (χ0v) is 13.4. The van der Waals surface area contributed by atoms with Crippen molar-refractivity contribution in [1.82, 2.24) is 10.6 Å². The largest absolute Gasteiger partial charge is 0.489 e. The van der Waals surface area contributed by atoms with E-state index in [1.54, 1.807) is 0 Å². The molecule has 3 rings (SSSR count). The molecule has 1 aromatic carbocycles. The van der Waals surface area contributed by atoms with Crippen molar-refractivity contribution < 1.29 is 9.53 Å². The number of hydrogen-bond acceptors (Lipinski definition) is 3. The average molecular weight is 351 g/mol. The van der Waals surface area contributed by atoms with Gasteiger partial charge in [-0.15, -0.1) is 0 Å². The lowest BCUT2D eigenvalue weighted by molar-refractivity contribution is -0.122. The molecule has 1 heterocycles. The molecule has 1 aliphatic carbocycles. The van der Waals surface area contributed by atoms with Gasteiger partial charge in [0, 0.05) is 35.6 Å². The van der Waals surface area contributed by atoms with E-state index >= 15 is 0 Å². The first kappa shape index (κ1) is 14.6. The van der Waals surface area contributed by atoms with E-state index in [1.807, 2.05) is 12.1 Å². The Morgan fingerprint density at radius 3 is 3.00 bits per heavy atom. The lowest BCUT2D eigenvalue weighted by atomic mass is 10.1. The van der Waals surface area contributed by atoms with Gasteiger partial charge in [0.1, 0.15) is 12.4 Å². The topological polar surface area (TPSA) is 50.4 Å². The van der Waals surface area contributed by atoms with Gasteiger partial charge in [0.15, 0.2) is 0 Å². The van der Waals surface area contributed by atoms with Crippen molar-refractivity contribution in [2.75, 3.05) is 26.2 Å². The van der Waals surface area contributed by atoms with Crippen LogP contribution in [-0.2, 0) is 4.79 Å². The van der Waals surface area contributed by atoms with E-state index in [0.29, 0.717) is 13.2 Å². The summed E-state index contributed by atoms with van der Waals surface area (Å²) >= 11 is 3.47. The van der Waals surface area contributed by atoms with Crippen LogP contribution in [0.5, 0.6) is 5.75 Å². The summed E-state index contributed by atoms with van der Waals surface area (Å²) in [7, 11) is 0. The number of fused-ring (bicyclic) bond motifs is 1. The van der Waals surface area contributed by atoms with Gasteiger partial charge < -0.3 is 15.4 Å². The summed E-state index contributed by atoms with van der Waals surface area (Å²) in [5, 5.41) is 6.29. The molecule has 0 unspecified atom stereocenters. The van der Waals surface area contributed by atoms with Crippen molar-refractivity contribution in [3.63, 3.8) is 0 Å². The zero-order valence-electron chi connectivity index (χ0n) is 11.8. The summed E-state index contributed by atoms with van der Waals surface area (Å²) in [5.41, 5.74) is 2.32. The average Bonchev–Trinajstić information content (AvgIpc) is 3.31. The summed E-state index contributed by atoms with van der Waals surface area (Å²) in [5.74, 6) is 1.42. The fourth-order valence-corrected chi connectivity index (χ4v) is 2.69.